The Balaban J connectivity index is 1.20. The van der Waals surface area contributed by atoms with Crippen molar-refractivity contribution in [1.82, 2.24) is 0 Å². The third-order valence-electron chi connectivity index (χ3n) is 11.9. The van der Waals surface area contributed by atoms with Gasteiger partial charge in [-0.25, -0.2) is 0 Å². The molecule has 10 aromatic carbocycles. The van der Waals surface area contributed by atoms with Crippen molar-refractivity contribution in [2.75, 3.05) is 9.80 Å². The number of benzene rings is 10. The summed E-state index contributed by atoms with van der Waals surface area (Å²) >= 11 is 0. The average Bonchev–Trinajstić information content (AvgIpc) is 3.70. The molecular weight excluding hydrogens is 741 g/mol. The summed E-state index contributed by atoms with van der Waals surface area (Å²) in [6.07, 6.45) is 0. The minimum Gasteiger partial charge on any atom is -0.455 e. The van der Waals surface area contributed by atoms with Crippen molar-refractivity contribution in [3.8, 4) is 22.3 Å². The van der Waals surface area contributed by atoms with Gasteiger partial charge in [0.15, 0.2) is 0 Å². The molecule has 0 unspecified atom stereocenters. The van der Waals surface area contributed by atoms with Crippen molar-refractivity contribution in [2.24, 2.45) is 0 Å². The van der Waals surface area contributed by atoms with Gasteiger partial charge in [0.2, 0.25) is 0 Å². The molecule has 3 nitrogen and oxygen atoms in total. The first-order chi connectivity index (χ1) is 30.1. The molecule has 0 radical (unpaired) electrons. The molecule has 0 spiro atoms. The van der Waals surface area contributed by atoms with E-state index >= 15 is 0 Å². The van der Waals surface area contributed by atoms with Crippen molar-refractivity contribution in [2.45, 2.75) is 13.8 Å². The third-order valence-corrected chi connectivity index (χ3v) is 11.9. The topological polar surface area (TPSA) is 19.6 Å². The van der Waals surface area contributed by atoms with E-state index in [2.05, 4.69) is 242 Å². The SMILES string of the molecule is Cc1ccc(N(c2cccc(-c3ccccc3)c2)c2cc3c4cc(N(c5ccc(C)cc5)c5cccc(-c6ccccc6)c5)c5ccccc5c4oc3c3ccccc23)cc1. The van der Waals surface area contributed by atoms with E-state index in [4.69, 9.17) is 4.42 Å². The molecule has 0 aliphatic heterocycles. The van der Waals surface area contributed by atoms with Gasteiger partial charge >= 0.3 is 0 Å². The van der Waals surface area contributed by atoms with Crippen molar-refractivity contribution in [3.05, 3.63) is 230 Å². The second kappa shape index (κ2) is 15.1. The van der Waals surface area contributed by atoms with Crippen molar-refractivity contribution in [1.29, 1.82) is 0 Å². The lowest BCUT2D eigenvalue weighted by molar-refractivity contribution is 0.676. The number of furan rings is 1. The molecule has 0 saturated heterocycles. The molecule has 0 N–H and O–H groups in total. The van der Waals surface area contributed by atoms with Gasteiger partial charge in [-0.1, -0.05) is 169 Å². The standard InChI is InChI=1S/C58H42N2O/c1-39-27-31-45(32-28-39)59(47-21-13-19-43(35-47)41-15-5-3-6-16-41)55-37-53-54-38-56(50-24-10-12-26-52(50)58(54)61-57(53)51-25-11-9-23-49(51)55)60(46-33-29-40(2)30-34-46)48-22-14-20-44(36-48)42-17-7-4-8-18-42/h3-38H,1-2H3. The van der Waals surface area contributed by atoms with E-state index < -0.39 is 0 Å². The number of hydrogen-bond donors (Lipinski definition) is 0. The highest BCUT2D eigenvalue weighted by atomic mass is 16.3. The first-order valence-electron chi connectivity index (χ1n) is 20.9. The van der Waals surface area contributed by atoms with Crippen LogP contribution < -0.4 is 9.80 Å². The van der Waals surface area contributed by atoms with E-state index in [1.165, 1.54) is 22.3 Å². The van der Waals surface area contributed by atoms with Crippen LogP contribution in [-0.2, 0) is 0 Å². The van der Waals surface area contributed by atoms with E-state index in [-0.39, 0.29) is 0 Å². The van der Waals surface area contributed by atoms with E-state index in [9.17, 15) is 0 Å². The molecule has 0 bridgehead atoms. The predicted octanol–water partition coefficient (Wildman–Crippen LogP) is 16.8. The summed E-state index contributed by atoms with van der Waals surface area (Å²) in [6, 6.07) is 78.7. The second-order valence-electron chi connectivity index (χ2n) is 15.9. The van der Waals surface area contributed by atoms with E-state index in [1.807, 2.05) is 0 Å². The zero-order valence-electron chi connectivity index (χ0n) is 34.1. The fourth-order valence-corrected chi connectivity index (χ4v) is 8.90. The van der Waals surface area contributed by atoms with Gasteiger partial charge in [-0.3, -0.25) is 0 Å². The quantitative estimate of drug-likeness (QED) is 0.153. The van der Waals surface area contributed by atoms with Crippen LogP contribution in [0.4, 0.5) is 34.1 Å². The molecule has 3 heteroatoms. The summed E-state index contributed by atoms with van der Waals surface area (Å²) in [5.41, 5.74) is 15.4. The third kappa shape index (κ3) is 6.48. The van der Waals surface area contributed by atoms with Gasteiger partial charge in [0.25, 0.3) is 0 Å². The second-order valence-corrected chi connectivity index (χ2v) is 15.9. The molecule has 1 aromatic heterocycles. The number of hydrogen-bond acceptors (Lipinski definition) is 3. The van der Waals surface area contributed by atoms with Gasteiger partial charge in [0, 0.05) is 55.1 Å². The summed E-state index contributed by atoms with van der Waals surface area (Å²) in [7, 11) is 0. The largest absolute Gasteiger partial charge is 0.455 e. The Bertz CT molecular complexity index is 3140. The summed E-state index contributed by atoms with van der Waals surface area (Å²) in [5, 5.41) is 6.49. The van der Waals surface area contributed by atoms with Gasteiger partial charge in [0.1, 0.15) is 11.2 Å². The number of rotatable bonds is 8. The smallest absolute Gasteiger partial charge is 0.143 e. The Hall–Kier alpha value is -7.88. The van der Waals surface area contributed by atoms with Crippen molar-refractivity contribution >= 4 is 77.6 Å². The Labute approximate surface area is 356 Å². The van der Waals surface area contributed by atoms with Crippen LogP contribution in [0.15, 0.2) is 223 Å². The predicted molar refractivity (Wildman–Crippen MR) is 258 cm³/mol. The summed E-state index contributed by atoms with van der Waals surface area (Å²) in [4.78, 5) is 4.81. The lowest BCUT2D eigenvalue weighted by atomic mass is 9.98. The molecule has 1 heterocycles. The maximum Gasteiger partial charge on any atom is 0.143 e. The molecule has 290 valence electrons. The average molecular weight is 783 g/mol. The Morgan fingerprint density at radius 3 is 1.05 bits per heavy atom. The van der Waals surface area contributed by atoms with Gasteiger partial charge in [-0.15, -0.1) is 0 Å². The molecule has 0 saturated carbocycles. The molecule has 61 heavy (non-hydrogen) atoms. The molecule has 0 aliphatic rings. The fraction of sp³-hybridized carbons (Fsp3) is 0.0345. The Kier molecular flexibility index (Phi) is 8.94. The highest BCUT2D eigenvalue weighted by Gasteiger charge is 2.24. The van der Waals surface area contributed by atoms with Crippen molar-refractivity contribution in [3.63, 3.8) is 0 Å². The van der Waals surface area contributed by atoms with Crippen LogP contribution in [0.5, 0.6) is 0 Å². The van der Waals surface area contributed by atoms with E-state index in [1.54, 1.807) is 0 Å². The van der Waals surface area contributed by atoms with Crippen LogP contribution in [0.2, 0.25) is 0 Å². The highest BCUT2D eigenvalue weighted by molar-refractivity contribution is 6.25. The number of nitrogens with zero attached hydrogens (tertiary/aromatic N) is 2. The molecule has 0 amide bonds. The molecule has 0 aliphatic carbocycles. The Morgan fingerprint density at radius 1 is 0.279 bits per heavy atom. The summed E-state index contributed by atoms with van der Waals surface area (Å²) in [6.45, 7) is 4.28. The summed E-state index contributed by atoms with van der Waals surface area (Å²) in [5.74, 6) is 0. The monoisotopic (exact) mass is 782 g/mol. The molecular formula is C58H42N2O. The zero-order valence-corrected chi connectivity index (χ0v) is 34.1. The van der Waals surface area contributed by atoms with E-state index in [0.717, 1.165) is 88.7 Å². The fourth-order valence-electron chi connectivity index (χ4n) is 8.90. The highest BCUT2D eigenvalue weighted by Crippen LogP contribution is 2.49. The molecule has 11 aromatic rings. The zero-order chi connectivity index (χ0) is 40.9. The van der Waals surface area contributed by atoms with E-state index in [0.29, 0.717) is 0 Å². The molecule has 0 fully saturated rings. The van der Waals surface area contributed by atoms with Crippen LogP contribution in [0, 0.1) is 13.8 Å². The van der Waals surface area contributed by atoms with Crippen LogP contribution >= 0.6 is 0 Å². The number of fused-ring (bicyclic) bond motifs is 7. The first kappa shape index (κ1) is 36.2. The van der Waals surface area contributed by atoms with Gasteiger partial charge < -0.3 is 14.2 Å². The van der Waals surface area contributed by atoms with Gasteiger partial charge in [-0.2, -0.15) is 0 Å². The lowest BCUT2D eigenvalue weighted by Gasteiger charge is -2.28. The maximum atomic E-state index is 7.12. The first-order valence-corrected chi connectivity index (χ1v) is 20.9. The van der Waals surface area contributed by atoms with Crippen LogP contribution in [0.1, 0.15) is 11.1 Å². The summed E-state index contributed by atoms with van der Waals surface area (Å²) < 4.78 is 7.12. The van der Waals surface area contributed by atoms with Crippen LogP contribution in [0.3, 0.4) is 0 Å². The van der Waals surface area contributed by atoms with Gasteiger partial charge in [-0.05, 0) is 96.8 Å². The van der Waals surface area contributed by atoms with Crippen LogP contribution in [-0.4, -0.2) is 0 Å². The van der Waals surface area contributed by atoms with Crippen LogP contribution in [0.25, 0.3) is 65.7 Å². The lowest BCUT2D eigenvalue weighted by Crippen LogP contribution is -2.11. The molecule has 11 rings (SSSR count). The minimum atomic E-state index is 0.881. The minimum absolute atomic E-state index is 0.881. The Morgan fingerprint density at radius 2 is 0.639 bits per heavy atom. The number of aryl methyl sites for hydroxylation is 2. The normalized spacial score (nSPS) is 11.4. The number of anilines is 6. The van der Waals surface area contributed by atoms with Crippen molar-refractivity contribution < 1.29 is 4.42 Å². The molecule has 0 atom stereocenters. The van der Waals surface area contributed by atoms with Gasteiger partial charge in [0.05, 0.1) is 11.4 Å². The maximum absolute atomic E-state index is 7.12.